The summed E-state index contributed by atoms with van der Waals surface area (Å²) in [5, 5.41) is 2.79. The summed E-state index contributed by atoms with van der Waals surface area (Å²) in [5.74, 6) is -0.716. The van der Waals surface area contributed by atoms with Gasteiger partial charge in [-0.25, -0.2) is 4.98 Å². The molecule has 0 atom stereocenters. The number of halogens is 6. The zero-order valence-electron chi connectivity index (χ0n) is 22.0. The number of fused-ring (bicyclic) bond motifs is 3. The van der Waals surface area contributed by atoms with Crippen molar-refractivity contribution in [2.75, 3.05) is 17.7 Å². The minimum atomic E-state index is -5.05. The lowest BCUT2D eigenvalue weighted by Gasteiger charge is -2.15. The van der Waals surface area contributed by atoms with Gasteiger partial charge in [0.15, 0.2) is 5.16 Å². The molecule has 0 aliphatic heterocycles. The van der Waals surface area contributed by atoms with Crippen LogP contribution < -0.4 is 15.6 Å². The van der Waals surface area contributed by atoms with E-state index in [4.69, 9.17) is 4.74 Å². The van der Waals surface area contributed by atoms with Gasteiger partial charge in [-0.2, -0.15) is 26.3 Å². The highest BCUT2D eigenvalue weighted by Gasteiger charge is 2.37. The number of nitrogens with zero attached hydrogens (tertiary/aromatic N) is 2. The number of anilines is 1. The summed E-state index contributed by atoms with van der Waals surface area (Å²) in [6.07, 6.45) is -6.57. The lowest BCUT2D eigenvalue weighted by atomic mass is 9.97. The minimum absolute atomic E-state index is 0.0142. The van der Waals surface area contributed by atoms with Gasteiger partial charge in [0.1, 0.15) is 10.6 Å². The van der Waals surface area contributed by atoms with E-state index in [1.165, 1.54) is 15.9 Å². The van der Waals surface area contributed by atoms with Crippen LogP contribution in [0.3, 0.4) is 0 Å². The average Bonchev–Trinajstić information content (AvgIpc) is 3.30. The summed E-state index contributed by atoms with van der Waals surface area (Å²) in [4.78, 5) is 32.9. The number of alkyl halides is 6. The van der Waals surface area contributed by atoms with Crippen LogP contribution in [0.25, 0.3) is 15.9 Å². The third-order valence-electron chi connectivity index (χ3n) is 6.57. The molecule has 0 fully saturated rings. The van der Waals surface area contributed by atoms with E-state index < -0.39 is 40.8 Å². The summed E-state index contributed by atoms with van der Waals surface area (Å²) in [6.45, 7) is 2.28. The topological polar surface area (TPSA) is 73.2 Å². The van der Waals surface area contributed by atoms with Crippen LogP contribution in [0.1, 0.15) is 41.3 Å². The van der Waals surface area contributed by atoms with Crippen LogP contribution in [0, 0.1) is 0 Å². The van der Waals surface area contributed by atoms with E-state index in [1.54, 1.807) is 24.3 Å². The van der Waals surface area contributed by atoms with Crippen molar-refractivity contribution in [1.29, 1.82) is 0 Å². The van der Waals surface area contributed by atoms with Crippen LogP contribution in [-0.2, 0) is 30.0 Å². The second-order valence-electron chi connectivity index (χ2n) is 9.48. The largest absolute Gasteiger partial charge is 0.494 e. The highest BCUT2D eigenvalue weighted by Crippen LogP contribution is 2.38. The van der Waals surface area contributed by atoms with Gasteiger partial charge in [0.25, 0.3) is 5.56 Å². The monoisotopic (exact) mass is 627 g/mol. The Bertz CT molecular complexity index is 1660. The number of hydrogen-bond acceptors (Lipinski definition) is 6. The Morgan fingerprint density at radius 3 is 2.29 bits per heavy atom. The van der Waals surface area contributed by atoms with Gasteiger partial charge in [-0.3, -0.25) is 14.2 Å². The minimum Gasteiger partial charge on any atom is -0.494 e. The maximum Gasteiger partial charge on any atom is 0.416 e. The van der Waals surface area contributed by atoms with Crippen molar-refractivity contribution in [3.05, 3.63) is 74.4 Å². The van der Waals surface area contributed by atoms with E-state index in [0.29, 0.717) is 40.4 Å². The van der Waals surface area contributed by atoms with Crippen molar-refractivity contribution in [1.82, 2.24) is 9.55 Å². The lowest BCUT2D eigenvalue weighted by molar-refractivity contribution is -0.143. The SMILES string of the molecule is CCOc1ccc(-n2c(SCC(=O)Nc3cc(C(F)(F)F)cc(C(F)(F)F)c3)nc3sc4c(c3c2=O)CCCC4)cc1. The molecule has 2 aromatic carbocycles. The third-order valence-corrected chi connectivity index (χ3v) is 8.69. The summed E-state index contributed by atoms with van der Waals surface area (Å²) in [6, 6.07) is 7.58. The van der Waals surface area contributed by atoms with Gasteiger partial charge in [-0.15, -0.1) is 11.3 Å². The zero-order valence-corrected chi connectivity index (χ0v) is 23.6. The van der Waals surface area contributed by atoms with Crippen LogP contribution in [0.5, 0.6) is 5.75 Å². The molecule has 4 aromatic rings. The van der Waals surface area contributed by atoms with Crippen LogP contribution in [-0.4, -0.2) is 27.8 Å². The van der Waals surface area contributed by atoms with Gasteiger partial charge in [0.05, 0.1) is 34.6 Å². The molecule has 1 aliphatic carbocycles. The van der Waals surface area contributed by atoms with Crippen molar-refractivity contribution in [3.8, 4) is 11.4 Å². The van der Waals surface area contributed by atoms with E-state index >= 15 is 0 Å². The second kappa shape index (κ2) is 11.6. The number of rotatable bonds is 7. The molecule has 0 unspecified atom stereocenters. The number of aryl methyl sites for hydroxylation is 2. The first kappa shape index (κ1) is 30.0. The van der Waals surface area contributed by atoms with Crippen molar-refractivity contribution < 1.29 is 35.9 Å². The molecule has 1 aliphatic rings. The number of thioether (sulfide) groups is 1. The number of carbonyl (C=O) groups excluding carboxylic acids is 1. The molecular formula is C28H23F6N3O3S2. The summed E-state index contributed by atoms with van der Waals surface area (Å²) in [5.41, 5.74) is -2.63. The van der Waals surface area contributed by atoms with Gasteiger partial charge in [0.2, 0.25) is 5.91 Å². The van der Waals surface area contributed by atoms with Gasteiger partial charge in [0, 0.05) is 10.6 Å². The van der Waals surface area contributed by atoms with E-state index in [2.05, 4.69) is 10.3 Å². The summed E-state index contributed by atoms with van der Waals surface area (Å²) >= 11 is 2.26. The molecule has 0 radical (unpaired) electrons. The van der Waals surface area contributed by atoms with Crippen LogP contribution >= 0.6 is 23.1 Å². The average molecular weight is 628 g/mol. The number of aromatic nitrogens is 2. The normalized spacial score (nSPS) is 13.7. The third kappa shape index (κ3) is 6.28. The Morgan fingerprint density at radius 2 is 1.67 bits per heavy atom. The fourth-order valence-corrected chi connectivity index (χ4v) is 6.84. The molecule has 222 valence electrons. The second-order valence-corrected chi connectivity index (χ2v) is 11.5. The molecule has 1 amide bonds. The molecule has 0 spiro atoms. The molecule has 0 saturated carbocycles. The standard InChI is InChI=1S/C28H23F6N3O3S2/c1-2-40-19-9-7-18(8-10-19)37-25(39)23-20-5-3-4-6-21(20)42-24(23)36-26(37)41-14-22(38)35-17-12-15(27(29,30)31)11-16(13-17)28(32,33)34/h7-13H,2-6,14H2,1H3,(H,35,38). The zero-order chi connectivity index (χ0) is 30.2. The van der Waals surface area contributed by atoms with Crippen molar-refractivity contribution in [2.45, 2.75) is 50.1 Å². The summed E-state index contributed by atoms with van der Waals surface area (Å²) < 4.78 is 86.3. The molecule has 0 saturated heterocycles. The molecule has 1 N–H and O–H groups in total. The molecule has 2 aromatic heterocycles. The molecule has 2 heterocycles. The number of nitrogens with one attached hydrogen (secondary N) is 1. The van der Waals surface area contributed by atoms with Crippen molar-refractivity contribution >= 4 is 44.9 Å². The molecule has 5 rings (SSSR count). The first-order valence-electron chi connectivity index (χ1n) is 12.9. The quantitative estimate of drug-likeness (QED) is 0.131. The van der Waals surface area contributed by atoms with Crippen molar-refractivity contribution in [3.63, 3.8) is 0 Å². The number of hydrogen-bond donors (Lipinski definition) is 1. The smallest absolute Gasteiger partial charge is 0.416 e. The van der Waals surface area contributed by atoms with E-state index in [9.17, 15) is 35.9 Å². The van der Waals surface area contributed by atoms with Gasteiger partial charge in [-0.1, -0.05) is 11.8 Å². The van der Waals surface area contributed by atoms with Crippen LogP contribution in [0.2, 0.25) is 0 Å². The van der Waals surface area contributed by atoms with Crippen LogP contribution in [0.15, 0.2) is 52.4 Å². The van der Waals surface area contributed by atoms with Gasteiger partial charge >= 0.3 is 12.4 Å². The highest BCUT2D eigenvalue weighted by molar-refractivity contribution is 7.99. The van der Waals surface area contributed by atoms with E-state index in [0.717, 1.165) is 47.9 Å². The Hall–Kier alpha value is -3.52. The molecule has 14 heteroatoms. The predicted octanol–water partition coefficient (Wildman–Crippen LogP) is 7.49. The number of benzene rings is 2. The van der Waals surface area contributed by atoms with Crippen molar-refractivity contribution in [2.24, 2.45) is 0 Å². The highest BCUT2D eigenvalue weighted by atomic mass is 32.2. The molecular weight excluding hydrogens is 604 g/mol. The number of carbonyl (C=O) groups is 1. The predicted molar refractivity (Wildman–Crippen MR) is 149 cm³/mol. The van der Waals surface area contributed by atoms with Crippen LogP contribution in [0.4, 0.5) is 32.0 Å². The number of amides is 1. The molecule has 42 heavy (non-hydrogen) atoms. The maximum atomic E-state index is 13.9. The fraction of sp³-hybridized carbons (Fsp3) is 0.321. The molecule has 0 bridgehead atoms. The molecule has 6 nitrogen and oxygen atoms in total. The Labute approximate surface area is 243 Å². The van der Waals surface area contributed by atoms with E-state index in [1.807, 2.05) is 6.92 Å². The maximum absolute atomic E-state index is 13.9. The Morgan fingerprint density at radius 1 is 1.02 bits per heavy atom. The first-order valence-corrected chi connectivity index (χ1v) is 14.7. The van der Waals surface area contributed by atoms with Gasteiger partial charge < -0.3 is 10.1 Å². The Balaban J connectivity index is 1.48. The number of ether oxygens (including phenoxy) is 1. The Kier molecular flexibility index (Phi) is 8.30. The summed E-state index contributed by atoms with van der Waals surface area (Å²) in [7, 11) is 0. The lowest BCUT2D eigenvalue weighted by Crippen LogP contribution is -2.23. The van der Waals surface area contributed by atoms with E-state index in [-0.39, 0.29) is 16.8 Å². The van der Waals surface area contributed by atoms with Gasteiger partial charge in [-0.05, 0) is 80.6 Å². The number of thiophene rings is 1. The fourth-order valence-electron chi connectivity index (χ4n) is 4.72. The first-order chi connectivity index (χ1) is 19.8.